The maximum absolute atomic E-state index is 5.71. The smallest absolute Gasteiger partial charge is 0.143 e. The predicted molar refractivity (Wildman–Crippen MR) is 54.2 cm³/mol. The average molecular weight is 178 g/mol. The van der Waals surface area contributed by atoms with Crippen molar-refractivity contribution in [2.75, 3.05) is 24.3 Å². The lowest BCUT2D eigenvalue weighted by molar-refractivity contribution is 0.417. The Hall–Kier alpha value is -1.38. The molecule has 0 aromatic heterocycles. The van der Waals surface area contributed by atoms with Gasteiger partial charge < -0.3 is 15.4 Å². The molecule has 0 unspecified atom stereocenters. The maximum atomic E-state index is 5.71. The van der Waals surface area contributed by atoms with Crippen LogP contribution in [0.4, 0.5) is 11.4 Å². The van der Waals surface area contributed by atoms with Gasteiger partial charge in [-0.25, -0.2) is 0 Å². The van der Waals surface area contributed by atoms with Gasteiger partial charge in [-0.2, -0.15) is 0 Å². The van der Waals surface area contributed by atoms with Gasteiger partial charge >= 0.3 is 0 Å². The highest BCUT2D eigenvalue weighted by Crippen LogP contribution is 2.33. The quantitative estimate of drug-likeness (QED) is 0.550. The molecular weight excluding hydrogens is 164 g/mol. The molecule has 0 radical (unpaired) electrons. The molecule has 0 bridgehead atoms. The highest BCUT2D eigenvalue weighted by atomic mass is 16.5. The minimum absolute atomic E-state index is 0.660. The van der Waals surface area contributed by atoms with Crippen LogP contribution >= 0.6 is 0 Å². The van der Waals surface area contributed by atoms with Crippen LogP contribution in [-0.4, -0.2) is 19.7 Å². The molecule has 1 aromatic carbocycles. The van der Waals surface area contributed by atoms with E-state index < -0.39 is 0 Å². The van der Waals surface area contributed by atoms with Crippen molar-refractivity contribution in [2.45, 2.75) is 13.0 Å². The van der Waals surface area contributed by atoms with Crippen molar-refractivity contribution in [3.63, 3.8) is 0 Å². The second-order valence-corrected chi connectivity index (χ2v) is 3.43. The molecule has 1 aliphatic rings. The number of nitrogens with zero attached hydrogens (tertiary/aromatic N) is 1. The van der Waals surface area contributed by atoms with E-state index in [0.29, 0.717) is 11.7 Å². The number of ether oxygens (including phenoxy) is 1. The first-order valence-electron chi connectivity index (χ1n) is 4.42. The summed E-state index contributed by atoms with van der Waals surface area (Å²) in [6, 6.07) is 6.56. The van der Waals surface area contributed by atoms with Crippen LogP contribution in [0.1, 0.15) is 6.92 Å². The van der Waals surface area contributed by atoms with Gasteiger partial charge in [-0.05, 0) is 19.1 Å². The summed E-state index contributed by atoms with van der Waals surface area (Å²) in [6.07, 6.45) is 0. The zero-order valence-corrected chi connectivity index (χ0v) is 7.95. The van der Waals surface area contributed by atoms with Gasteiger partial charge in [0.15, 0.2) is 0 Å². The maximum Gasteiger partial charge on any atom is 0.143 e. The molecule has 2 rings (SSSR count). The fraction of sp³-hybridized carbons (Fsp3) is 0.400. The van der Waals surface area contributed by atoms with Crippen molar-refractivity contribution < 1.29 is 4.74 Å². The third kappa shape index (κ3) is 1.41. The number of benzene rings is 1. The number of nitrogens with two attached hydrogens (primary N) is 1. The number of rotatable bonds is 2. The first-order chi connectivity index (χ1) is 6.22. The fourth-order valence-corrected chi connectivity index (χ4v) is 1.48. The van der Waals surface area contributed by atoms with E-state index in [-0.39, 0.29) is 0 Å². The van der Waals surface area contributed by atoms with E-state index in [4.69, 9.17) is 10.5 Å². The predicted octanol–water partition coefficient (Wildman–Crippen LogP) is 1.49. The lowest BCUT2D eigenvalue weighted by atomic mass is 10.2. The first kappa shape index (κ1) is 8.23. The largest absolute Gasteiger partial charge is 0.495 e. The third-order valence-corrected chi connectivity index (χ3v) is 2.41. The average Bonchev–Trinajstić information content (AvgIpc) is 2.84. The fourth-order valence-electron chi connectivity index (χ4n) is 1.48. The van der Waals surface area contributed by atoms with Crippen molar-refractivity contribution in [2.24, 2.45) is 0 Å². The normalized spacial score (nSPS) is 20.2. The molecule has 1 saturated heterocycles. The van der Waals surface area contributed by atoms with Crippen LogP contribution in [0.2, 0.25) is 0 Å². The van der Waals surface area contributed by atoms with Crippen LogP contribution < -0.4 is 15.4 Å². The van der Waals surface area contributed by atoms with Crippen LogP contribution in [0, 0.1) is 0 Å². The van der Waals surface area contributed by atoms with Gasteiger partial charge in [0.25, 0.3) is 0 Å². The molecule has 1 heterocycles. The highest BCUT2D eigenvalue weighted by molar-refractivity contribution is 5.64. The summed E-state index contributed by atoms with van der Waals surface area (Å²) in [5.74, 6) is 0.761. The Morgan fingerprint density at radius 3 is 2.77 bits per heavy atom. The van der Waals surface area contributed by atoms with E-state index >= 15 is 0 Å². The summed E-state index contributed by atoms with van der Waals surface area (Å²) in [7, 11) is 1.64. The van der Waals surface area contributed by atoms with Crippen molar-refractivity contribution in [1.29, 1.82) is 0 Å². The Labute approximate surface area is 78.1 Å². The topological polar surface area (TPSA) is 38.3 Å². The zero-order valence-electron chi connectivity index (χ0n) is 7.95. The number of hydrogen-bond donors (Lipinski definition) is 1. The van der Waals surface area contributed by atoms with Crippen LogP contribution in [0.5, 0.6) is 5.75 Å². The number of hydrogen-bond acceptors (Lipinski definition) is 3. The van der Waals surface area contributed by atoms with Gasteiger partial charge in [0.2, 0.25) is 0 Å². The van der Waals surface area contributed by atoms with Gasteiger partial charge in [0.1, 0.15) is 5.75 Å². The lowest BCUT2D eigenvalue weighted by Crippen LogP contribution is -1.98. The standard InChI is InChI=1S/C10H14N2O/c1-7-6-12(7)8-3-4-9(11)10(5-8)13-2/h3-5,7H,6,11H2,1-2H3/t7-,12?/m1/s1. The van der Waals surface area contributed by atoms with Crippen LogP contribution in [0.25, 0.3) is 0 Å². The summed E-state index contributed by atoms with van der Waals surface area (Å²) >= 11 is 0. The molecule has 3 nitrogen and oxygen atoms in total. The molecule has 1 aromatic rings. The van der Waals surface area contributed by atoms with Crippen LogP contribution in [0.15, 0.2) is 18.2 Å². The van der Waals surface area contributed by atoms with Crippen LogP contribution in [-0.2, 0) is 0 Å². The van der Waals surface area contributed by atoms with E-state index in [1.807, 2.05) is 18.2 Å². The van der Waals surface area contributed by atoms with Gasteiger partial charge in [-0.1, -0.05) is 0 Å². The molecule has 70 valence electrons. The minimum Gasteiger partial charge on any atom is -0.495 e. The molecular formula is C10H14N2O. The Kier molecular flexibility index (Phi) is 1.79. The molecule has 13 heavy (non-hydrogen) atoms. The summed E-state index contributed by atoms with van der Waals surface area (Å²) < 4.78 is 5.15. The molecule has 0 amide bonds. The lowest BCUT2D eigenvalue weighted by Gasteiger charge is -2.08. The SMILES string of the molecule is COc1cc(N2C[C@H]2C)ccc1N. The summed E-state index contributed by atoms with van der Waals surface area (Å²) in [6.45, 7) is 3.33. The van der Waals surface area contributed by atoms with Gasteiger partial charge in [0, 0.05) is 24.3 Å². The van der Waals surface area contributed by atoms with E-state index in [1.54, 1.807) is 7.11 Å². The van der Waals surface area contributed by atoms with Crippen molar-refractivity contribution >= 4 is 11.4 Å². The second-order valence-electron chi connectivity index (χ2n) is 3.43. The Morgan fingerprint density at radius 1 is 1.54 bits per heavy atom. The number of nitrogen functional groups attached to an aromatic ring is 1. The van der Waals surface area contributed by atoms with Gasteiger partial charge in [0.05, 0.1) is 12.8 Å². The Bertz CT molecular complexity index is 325. The van der Waals surface area contributed by atoms with Crippen molar-refractivity contribution in [3.05, 3.63) is 18.2 Å². The summed E-state index contributed by atoms with van der Waals surface area (Å²) in [5, 5.41) is 0. The van der Waals surface area contributed by atoms with E-state index in [1.165, 1.54) is 5.69 Å². The molecule has 2 N–H and O–H groups in total. The Balaban J connectivity index is 2.28. The molecule has 1 atom stereocenters. The molecule has 3 heteroatoms. The zero-order chi connectivity index (χ0) is 9.42. The monoisotopic (exact) mass is 178 g/mol. The van der Waals surface area contributed by atoms with Gasteiger partial charge in [-0.15, -0.1) is 0 Å². The third-order valence-electron chi connectivity index (χ3n) is 2.41. The number of methoxy groups -OCH3 is 1. The Morgan fingerprint density at radius 2 is 2.23 bits per heavy atom. The van der Waals surface area contributed by atoms with E-state index in [9.17, 15) is 0 Å². The summed E-state index contributed by atoms with van der Waals surface area (Å²) in [5.41, 5.74) is 7.60. The number of anilines is 2. The van der Waals surface area contributed by atoms with Crippen LogP contribution in [0.3, 0.4) is 0 Å². The summed E-state index contributed by atoms with van der Waals surface area (Å²) in [4.78, 5) is 2.29. The van der Waals surface area contributed by atoms with E-state index in [2.05, 4.69) is 11.8 Å². The molecule has 1 aliphatic heterocycles. The van der Waals surface area contributed by atoms with E-state index in [0.717, 1.165) is 12.3 Å². The minimum atomic E-state index is 0.660. The van der Waals surface area contributed by atoms with Gasteiger partial charge in [-0.3, -0.25) is 0 Å². The molecule has 1 fully saturated rings. The van der Waals surface area contributed by atoms with Crippen molar-refractivity contribution in [1.82, 2.24) is 0 Å². The van der Waals surface area contributed by atoms with Crippen molar-refractivity contribution in [3.8, 4) is 5.75 Å². The molecule has 0 saturated carbocycles. The molecule has 0 aliphatic carbocycles. The molecule has 0 spiro atoms. The second kappa shape index (κ2) is 2.83. The highest BCUT2D eigenvalue weighted by Gasteiger charge is 2.29. The first-order valence-corrected chi connectivity index (χ1v) is 4.42.